The molecule has 0 aromatic heterocycles. The van der Waals surface area contributed by atoms with Crippen LogP contribution in [0.3, 0.4) is 0 Å². The molecule has 48 heavy (non-hydrogen) atoms. The summed E-state index contributed by atoms with van der Waals surface area (Å²) in [6, 6.07) is -7.00. The fourth-order valence-electron chi connectivity index (χ4n) is 3.92. The monoisotopic (exact) mass is 723 g/mol. The highest BCUT2D eigenvalue weighted by molar-refractivity contribution is 7.98. The number of carboxylic acid groups (broad SMARTS) is 3. The van der Waals surface area contributed by atoms with Crippen molar-refractivity contribution < 1.29 is 58.5 Å². The quantitative estimate of drug-likeness (QED) is 0.0434. The summed E-state index contributed by atoms with van der Waals surface area (Å²) in [5.74, 6) is -9.56. The predicted molar refractivity (Wildman–Crippen MR) is 175 cm³/mol. The first kappa shape index (κ1) is 43.9. The van der Waals surface area contributed by atoms with E-state index in [1.807, 2.05) is 0 Å². The number of rotatable bonds is 24. The summed E-state index contributed by atoms with van der Waals surface area (Å²) in [4.78, 5) is 110. The van der Waals surface area contributed by atoms with Gasteiger partial charge in [0.2, 0.25) is 35.4 Å². The van der Waals surface area contributed by atoms with Gasteiger partial charge in [0, 0.05) is 12.2 Å². The van der Waals surface area contributed by atoms with Crippen LogP contribution in [0.25, 0.3) is 0 Å². The highest BCUT2D eigenvalue weighted by Gasteiger charge is 2.31. The molecule has 0 unspecified atom stereocenters. The number of nitrogens with one attached hydrogen (secondary N) is 6. The minimum atomic E-state index is -1.66. The van der Waals surface area contributed by atoms with Crippen LogP contribution < -0.4 is 37.6 Å². The Balaban J connectivity index is 5.54. The van der Waals surface area contributed by atoms with Gasteiger partial charge < -0.3 is 53.0 Å². The summed E-state index contributed by atoms with van der Waals surface area (Å²) in [7, 11) is 0. The van der Waals surface area contributed by atoms with Crippen molar-refractivity contribution in [2.24, 2.45) is 11.7 Å². The Morgan fingerprint density at radius 1 is 0.688 bits per heavy atom. The van der Waals surface area contributed by atoms with Crippen molar-refractivity contribution >= 4 is 77.7 Å². The number of carbonyl (C=O) groups excluding carboxylic acids is 6. The van der Waals surface area contributed by atoms with Crippen molar-refractivity contribution in [1.82, 2.24) is 31.9 Å². The maximum Gasteiger partial charge on any atom is 0.326 e. The molecule has 0 saturated heterocycles. The predicted octanol–water partition coefficient (Wildman–Crippen LogP) is -3.36. The van der Waals surface area contributed by atoms with Crippen molar-refractivity contribution in [1.29, 1.82) is 0 Å². The number of carboxylic acids is 3. The summed E-state index contributed by atoms with van der Waals surface area (Å²) < 4.78 is 0. The van der Waals surface area contributed by atoms with Gasteiger partial charge in [0.05, 0.1) is 19.5 Å². The summed E-state index contributed by atoms with van der Waals surface area (Å²) in [6.07, 6.45) is 0.119. The van der Waals surface area contributed by atoms with Crippen LogP contribution >= 0.6 is 24.4 Å². The zero-order chi connectivity index (χ0) is 37.0. The summed E-state index contributed by atoms with van der Waals surface area (Å²) in [6.45, 7) is 2.25. The van der Waals surface area contributed by atoms with Gasteiger partial charge in [-0.1, -0.05) is 13.8 Å². The zero-order valence-corrected chi connectivity index (χ0v) is 28.5. The van der Waals surface area contributed by atoms with Crippen molar-refractivity contribution in [3.05, 3.63) is 0 Å². The number of nitrogens with two attached hydrogens (primary N) is 1. The molecule has 0 heterocycles. The third-order valence-electron chi connectivity index (χ3n) is 6.32. The molecule has 0 rings (SSSR count). The van der Waals surface area contributed by atoms with Gasteiger partial charge >= 0.3 is 17.9 Å². The van der Waals surface area contributed by atoms with Crippen molar-refractivity contribution in [3.8, 4) is 0 Å². The summed E-state index contributed by atoms with van der Waals surface area (Å²) in [5.41, 5.74) is 5.28. The molecule has 0 aromatic carbocycles. The Bertz CT molecular complexity index is 1170. The largest absolute Gasteiger partial charge is 0.481 e. The van der Waals surface area contributed by atoms with Gasteiger partial charge in [-0.2, -0.15) is 24.4 Å². The first-order valence-electron chi connectivity index (χ1n) is 14.7. The normalized spacial score (nSPS) is 13.9. The second-order valence-electron chi connectivity index (χ2n) is 10.8. The molecule has 0 fully saturated rings. The molecule has 0 aliphatic carbocycles. The van der Waals surface area contributed by atoms with E-state index in [0.29, 0.717) is 5.75 Å². The number of hydrogen-bond donors (Lipinski definition) is 11. The number of hydrogen-bond acceptors (Lipinski definition) is 12. The molecule has 0 aromatic rings. The van der Waals surface area contributed by atoms with E-state index < -0.39 is 116 Å². The number of carbonyl (C=O) groups is 9. The zero-order valence-electron chi connectivity index (χ0n) is 26.8. The molecule has 5 atom stereocenters. The van der Waals surface area contributed by atoms with E-state index in [-0.39, 0.29) is 24.5 Å². The second kappa shape index (κ2) is 23.3. The second-order valence-corrected chi connectivity index (χ2v) is 12.2. The van der Waals surface area contributed by atoms with E-state index in [9.17, 15) is 53.4 Å². The molecule has 0 saturated carbocycles. The van der Waals surface area contributed by atoms with Crippen LogP contribution in [0.1, 0.15) is 46.0 Å². The van der Waals surface area contributed by atoms with Crippen LogP contribution in [0.15, 0.2) is 0 Å². The third-order valence-corrected chi connectivity index (χ3v) is 7.33. The molecule has 0 bridgehead atoms. The van der Waals surface area contributed by atoms with Gasteiger partial charge in [-0.05, 0) is 37.2 Å². The molecule has 11 N–H and O–H groups in total. The van der Waals surface area contributed by atoms with Crippen LogP contribution in [-0.2, 0) is 43.2 Å². The van der Waals surface area contributed by atoms with Crippen LogP contribution in [0.2, 0.25) is 0 Å². The number of amides is 6. The molecule has 21 heteroatoms. The third kappa shape index (κ3) is 18.3. The van der Waals surface area contributed by atoms with Crippen molar-refractivity contribution in [3.63, 3.8) is 0 Å². The summed E-state index contributed by atoms with van der Waals surface area (Å²) >= 11 is 5.38. The van der Waals surface area contributed by atoms with Crippen molar-refractivity contribution in [2.45, 2.75) is 76.2 Å². The van der Waals surface area contributed by atoms with Crippen LogP contribution in [0, 0.1) is 5.92 Å². The molecule has 0 aliphatic rings. The van der Waals surface area contributed by atoms with Gasteiger partial charge in [-0.15, -0.1) is 0 Å². The maximum absolute atomic E-state index is 12.9. The van der Waals surface area contributed by atoms with E-state index in [2.05, 4.69) is 44.5 Å². The SMILES string of the molecule is CSCC[C@H](NC(=O)CN)C(=O)N[C@@H](CC(=O)O)C(=O)NCC(=O)N[C@@H](CS)C(=O)N[C@@H](CCC(=O)O)C(=O)N[C@@H](CC(C)C)C(=O)O. The summed E-state index contributed by atoms with van der Waals surface area (Å²) in [5, 5.41) is 41.3. The smallest absolute Gasteiger partial charge is 0.326 e. The van der Waals surface area contributed by atoms with Crippen LogP contribution in [0.4, 0.5) is 0 Å². The van der Waals surface area contributed by atoms with Gasteiger partial charge in [-0.25, -0.2) is 4.79 Å². The number of thioether (sulfide) groups is 1. The molecular weight excluding hydrogens is 678 g/mol. The highest BCUT2D eigenvalue weighted by Crippen LogP contribution is 2.08. The minimum Gasteiger partial charge on any atom is -0.481 e. The molecule has 272 valence electrons. The Labute approximate surface area is 286 Å². The van der Waals surface area contributed by atoms with E-state index in [0.717, 1.165) is 0 Å². The van der Waals surface area contributed by atoms with Crippen molar-refractivity contribution in [2.75, 3.05) is 30.9 Å². The van der Waals surface area contributed by atoms with Crippen LogP contribution in [0.5, 0.6) is 0 Å². The number of thiol groups is 1. The van der Waals surface area contributed by atoms with E-state index in [1.165, 1.54) is 11.8 Å². The van der Waals surface area contributed by atoms with Gasteiger partial charge in [-0.3, -0.25) is 38.4 Å². The Hall–Kier alpha value is -4.11. The molecular formula is C27H45N7O12S2. The molecule has 0 spiro atoms. The van der Waals surface area contributed by atoms with E-state index in [4.69, 9.17) is 10.8 Å². The topological polar surface area (TPSA) is 313 Å². The number of aliphatic carboxylic acids is 3. The first-order chi connectivity index (χ1) is 22.4. The Morgan fingerprint density at radius 2 is 1.21 bits per heavy atom. The average Bonchev–Trinajstić information content (AvgIpc) is 3.00. The van der Waals surface area contributed by atoms with Gasteiger partial charge in [0.15, 0.2) is 0 Å². The van der Waals surface area contributed by atoms with Gasteiger partial charge in [0.1, 0.15) is 30.2 Å². The fraction of sp³-hybridized carbons (Fsp3) is 0.667. The lowest BCUT2D eigenvalue weighted by Gasteiger charge is -2.24. The molecule has 0 aliphatic heterocycles. The van der Waals surface area contributed by atoms with E-state index in [1.54, 1.807) is 20.1 Å². The van der Waals surface area contributed by atoms with Crippen LogP contribution in [-0.4, -0.2) is 130 Å². The maximum atomic E-state index is 12.9. The Kier molecular flexibility index (Phi) is 21.3. The molecule has 6 amide bonds. The minimum absolute atomic E-state index is 0.0577. The van der Waals surface area contributed by atoms with E-state index >= 15 is 0 Å². The lowest BCUT2D eigenvalue weighted by atomic mass is 10.0. The van der Waals surface area contributed by atoms with Gasteiger partial charge in [0.25, 0.3) is 0 Å². The molecule has 19 nitrogen and oxygen atoms in total. The lowest BCUT2D eigenvalue weighted by Crippen LogP contribution is -2.58. The molecule has 0 radical (unpaired) electrons. The lowest BCUT2D eigenvalue weighted by molar-refractivity contribution is -0.143. The average molecular weight is 724 g/mol. The fourth-order valence-corrected chi connectivity index (χ4v) is 4.65. The standard InChI is InChI=1S/C27H45N7O12S2/c1-13(2)8-17(27(45)46)34-24(42)14(4-5-21(37)38)32-26(44)18(12-47)31-20(36)11-29-23(41)16(9-22(39)40)33-25(43)15(6-7-48-3)30-19(35)10-28/h13-18,47H,4-12,28H2,1-3H3,(H,29,41)(H,30,35)(H,31,36)(H,32,44)(H,33,43)(H,34,42)(H,37,38)(H,39,40)(H,45,46)/t14-,15-,16-,17-,18-/m0/s1. The Morgan fingerprint density at radius 3 is 1.69 bits per heavy atom. The first-order valence-corrected chi connectivity index (χ1v) is 16.7. The highest BCUT2D eigenvalue weighted by atomic mass is 32.2.